The van der Waals surface area contributed by atoms with Crippen LogP contribution < -0.4 is 5.73 Å². The molecule has 1 unspecified atom stereocenters. The smallest absolute Gasteiger partial charge is 0.0500 e. The molecule has 2 heteroatoms. The van der Waals surface area contributed by atoms with Gasteiger partial charge < -0.3 is 5.73 Å². The van der Waals surface area contributed by atoms with Gasteiger partial charge in [0.1, 0.15) is 0 Å². The first kappa shape index (κ1) is 8.80. The van der Waals surface area contributed by atoms with E-state index in [2.05, 4.69) is 12.0 Å². The Morgan fingerprint density at radius 3 is 3.15 bits per heavy atom. The quantitative estimate of drug-likeness (QED) is 0.713. The van der Waals surface area contributed by atoms with Crippen molar-refractivity contribution in [2.75, 3.05) is 0 Å². The lowest BCUT2D eigenvalue weighted by Gasteiger charge is -2.03. The molecule has 1 aromatic rings. The van der Waals surface area contributed by atoms with Gasteiger partial charge >= 0.3 is 0 Å². The van der Waals surface area contributed by atoms with Crippen molar-refractivity contribution in [3.63, 3.8) is 0 Å². The van der Waals surface area contributed by atoms with Gasteiger partial charge in [0, 0.05) is 16.2 Å². The van der Waals surface area contributed by atoms with Crippen molar-refractivity contribution in [1.29, 1.82) is 0 Å². The third-order valence-electron chi connectivity index (χ3n) is 2.47. The number of hydrogen-bond acceptors (Lipinski definition) is 2. The Balaban J connectivity index is 2.19. The fourth-order valence-electron chi connectivity index (χ4n) is 1.76. The summed E-state index contributed by atoms with van der Waals surface area (Å²) >= 11 is 1.85. The van der Waals surface area contributed by atoms with Crippen LogP contribution in [-0.2, 0) is 12.8 Å². The molecular formula is C11H13NS. The maximum atomic E-state index is 5.93. The van der Waals surface area contributed by atoms with E-state index < -0.39 is 0 Å². The highest BCUT2D eigenvalue weighted by Crippen LogP contribution is 2.33. The maximum Gasteiger partial charge on any atom is 0.0500 e. The summed E-state index contributed by atoms with van der Waals surface area (Å²) in [5.41, 5.74) is 7.44. The number of hydrogen-bond donors (Lipinski definition) is 1. The van der Waals surface area contributed by atoms with E-state index in [-0.39, 0.29) is 6.04 Å². The highest BCUT2D eigenvalue weighted by Gasteiger charge is 2.17. The van der Waals surface area contributed by atoms with Crippen molar-refractivity contribution in [2.24, 2.45) is 5.73 Å². The Morgan fingerprint density at radius 2 is 2.46 bits per heavy atom. The lowest BCUT2D eigenvalue weighted by atomic mass is 10.1. The van der Waals surface area contributed by atoms with E-state index in [4.69, 9.17) is 12.2 Å². The number of aryl methyl sites for hydroxylation is 2. The van der Waals surface area contributed by atoms with Crippen molar-refractivity contribution in [1.82, 2.24) is 0 Å². The topological polar surface area (TPSA) is 26.0 Å². The number of nitrogens with two attached hydrogens (primary N) is 1. The van der Waals surface area contributed by atoms with Crippen molar-refractivity contribution in [3.05, 3.63) is 21.4 Å². The van der Waals surface area contributed by atoms with Crippen LogP contribution in [0.1, 0.15) is 34.2 Å². The standard InChI is InChI=1S/C11H13NS/c1-2-4-9(12)11-7-8-5-3-6-10(8)13-11/h1,7,9H,3-6,12H2. The van der Waals surface area contributed by atoms with Crippen LogP contribution in [0.3, 0.4) is 0 Å². The summed E-state index contributed by atoms with van der Waals surface area (Å²) in [7, 11) is 0. The lowest BCUT2D eigenvalue weighted by molar-refractivity contribution is 0.769. The van der Waals surface area contributed by atoms with Crippen molar-refractivity contribution in [3.8, 4) is 12.3 Å². The van der Waals surface area contributed by atoms with Crippen LogP contribution in [0, 0.1) is 12.3 Å². The zero-order valence-corrected chi connectivity index (χ0v) is 8.36. The van der Waals surface area contributed by atoms with Gasteiger partial charge in [-0.05, 0) is 30.9 Å². The van der Waals surface area contributed by atoms with Gasteiger partial charge in [0.05, 0.1) is 6.04 Å². The second-order valence-electron chi connectivity index (χ2n) is 3.47. The van der Waals surface area contributed by atoms with Crippen molar-refractivity contribution >= 4 is 11.3 Å². The second kappa shape index (κ2) is 3.53. The third-order valence-corrected chi connectivity index (χ3v) is 3.84. The van der Waals surface area contributed by atoms with E-state index in [1.807, 2.05) is 11.3 Å². The minimum absolute atomic E-state index is 0.0561. The molecule has 1 aromatic heterocycles. The fourth-order valence-corrected chi connectivity index (χ4v) is 3.02. The Labute approximate surface area is 83.0 Å². The molecule has 0 aliphatic heterocycles. The first-order valence-electron chi connectivity index (χ1n) is 4.62. The largest absolute Gasteiger partial charge is 0.322 e. The van der Waals surface area contributed by atoms with Crippen molar-refractivity contribution in [2.45, 2.75) is 31.7 Å². The van der Waals surface area contributed by atoms with Gasteiger partial charge in [-0.3, -0.25) is 0 Å². The van der Waals surface area contributed by atoms with E-state index in [9.17, 15) is 0 Å². The summed E-state index contributed by atoms with van der Waals surface area (Å²) in [5.74, 6) is 2.61. The predicted octanol–water partition coefficient (Wildman–Crippen LogP) is 2.26. The molecule has 0 aromatic carbocycles. The minimum atomic E-state index is 0.0561. The molecule has 1 nitrogen and oxygen atoms in total. The first-order chi connectivity index (χ1) is 6.31. The van der Waals surface area contributed by atoms with Gasteiger partial charge in [-0.25, -0.2) is 0 Å². The molecule has 0 fully saturated rings. The number of rotatable bonds is 2. The van der Waals surface area contributed by atoms with E-state index in [0.29, 0.717) is 6.42 Å². The zero-order valence-electron chi connectivity index (χ0n) is 7.55. The monoisotopic (exact) mass is 191 g/mol. The second-order valence-corrected chi connectivity index (χ2v) is 4.63. The zero-order chi connectivity index (χ0) is 9.26. The number of fused-ring (bicyclic) bond motifs is 1. The van der Waals surface area contributed by atoms with Crippen molar-refractivity contribution < 1.29 is 0 Å². The van der Waals surface area contributed by atoms with Gasteiger partial charge in [0.25, 0.3) is 0 Å². The van der Waals surface area contributed by atoms with Gasteiger partial charge in [0.2, 0.25) is 0 Å². The summed E-state index contributed by atoms with van der Waals surface area (Å²) in [6.07, 6.45) is 9.67. The van der Waals surface area contributed by atoms with Crippen LogP contribution in [0.5, 0.6) is 0 Å². The molecule has 1 atom stereocenters. The van der Waals surface area contributed by atoms with E-state index in [1.54, 1.807) is 0 Å². The summed E-state index contributed by atoms with van der Waals surface area (Å²) in [6, 6.07) is 2.30. The Morgan fingerprint density at radius 1 is 1.62 bits per heavy atom. The molecule has 2 rings (SSSR count). The summed E-state index contributed by atoms with van der Waals surface area (Å²) < 4.78 is 0. The Kier molecular flexibility index (Phi) is 2.39. The van der Waals surface area contributed by atoms with Gasteiger partial charge in [-0.2, -0.15) is 0 Å². The Bertz CT molecular complexity index is 324. The molecule has 1 aliphatic carbocycles. The molecule has 13 heavy (non-hydrogen) atoms. The summed E-state index contributed by atoms with van der Waals surface area (Å²) in [4.78, 5) is 2.80. The third kappa shape index (κ3) is 1.63. The van der Waals surface area contributed by atoms with Gasteiger partial charge in [0.15, 0.2) is 0 Å². The predicted molar refractivity (Wildman–Crippen MR) is 56.7 cm³/mol. The lowest BCUT2D eigenvalue weighted by Crippen LogP contribution is -2.06. The first-order valence-corrected chi connectivity index (χ1v) is 5.43. The molecule has 0 bridgehead atoms. The molecule has 0 amide bonds. The number of terminal acetylenes is 1. The van der Waals surface area contributed by atoms with Crippen LogP contribution in [0.2, 0.25) is 0 Å². The molecule has 1 aliphatic rings. The molecule has 0 saturated carbocycles. The SMILES string of the molecule is C#CCC(N)c1cc2c(s1)CCC2. The fraction of sp³-hybridized carbons (Fsp3) is 0.455. The molecule has 68 valence electrons. The summed E-state index contributed by atoms with van der Waals surface area (Å²) in [5, 5.41) is 0. The van der Waals surface area contributed by atoms with Crippen LogP contribution in [-0.4, -0.2) is 0 Å². The maximum absolute atomic E-state index is 5.93. The molecule has 0 spiro atoms. The highest BCUT2D eigenvalue weighted by atomic mass is 32.1. The average molecular weight is 191 g/mol. The van der Waals surface area contributed by atoms with Crippen LogP contribution >= 0.6 is 11.3 Å². The van der Waals surface area contributed by atoms with E-state index >= 15 is 0 Å². The van der Waals surface area contributed by atoms with E-state index in [1.165, 1.54) is 34.6 Å². The molecule has 0 saturated heterocycles. The number of thiophene rings is 1. The Hall–Kier alpha value is -0.780. The molecule has 1 heterocycles. The highest BCUT2D eigenvalue weighted by molar-refractivity contribution is 7.12. The summed E-state index contributed by atoms with van der Waals surface area (Å²) in [6.45, 7) is 0. The van der Waals surface area contributed by atoms with Gasteiger partial charge in [-0.15, -0.1) is 23.7 Å². The minimum Gasteiger partial charge on any atom is -0.322 e. The van der Waals surface area contributed by atoms with Crippen LogP contribution in [0.4, 0.5) is 0 Å². The molecule has 2 N–H and O–H groups in total. The molecular weight excluding hydrogens is 178 g/mol. The van der Waals surface area contributed by atoms with Crippen LogP contribution in [0.25, 0.3) is 0 Å². The molecule has 0 radical (unpaired) electrons. The normalized spacial score (nSPS) is 16.6. The average Bonchev–Trinajstić information content (AvgIpc) is 2.61. The van der Waals surface area contributed by atoms with Gasteiger partial charge in [-0.1, -0.05) is 0 Å². The van der Waals surface area contributed by atoms with Crippen LogP contribution in [0.15, 0.2) is 6.07 Å². The van der Waals surface area contributed by atoms with E-state index in [0.717, 1.165) is 0 Å².